The molecule has 2 rings (SSSR count). The molecule has 0 fully saturated rings. The lowest BCUT2D eigenvalue weighted by molar-refractivity contribution is -0.135. The number of rotatable bonds is 5. The highest BCUT2D eigenvalue weighted by atomic mass is 79.9. The van der Waals surface area contributed by atoms with Crippen LogP contribution in [0.3, 0.4) is 0 Å². The Morgan fingerprint density at radius 1 is 1.20 bits per heavy atom. The fraction of sp³-hybridized carbons (Fsp3) is 0.133. The van der Waals surface area contributed by atoms with Crippen LogP contribution in [0.15, 0.2) is 53.0 Å². The molecule has 0 spiro atoms. The smallest absolute Gasteiger partial charge is 0.323 e. The molecule has 0 aliphatic carbocycles. The van der Waals surface area contributed by atoms with Crippen molar-refractivity contribution in [1.29, 1.82) is 0 Å². The van der Waals surface area contributed by atoms with Crippen LogP contribution in [0.2, 0.25) is 5.02 Å². The fourth-order valence-electron chi connectivity index (χ4n) is 1.90. The first-order valence-electron chi connectivity index (χ1n) is 6.02. The third kappa shape index (κ3) is 3.99. The fourth-order valence-corrected chi connectivity index (χ4v) is 2.35. The van der Waals surface area contributed by atoms with Gasteiger partial charge in [-0.2, -0.15) is 0 Å². The van der Waals surface area contributed by atoms with Gasteiger partial charge in [0.05, 0.1) is 5.02 Å². The Bertz CT molecular complexity index is 604. The van der Waals surface area contributed by atoms with Crippen molar-refractivity contribution in [1.82, 2.24) is 0 Å². The van der Waals surface area contributed by atoms with Crippen LogP contribution in [0.1, 0.15) is 5.56 Å². The van der Waals surface area contributed by atoms with E-state index in [1.165, 1.54) is 0 Å². The maximum Gasteiger partial charge on any atom is 0.323 e. The SMILES string of the molecule is O=C(O)CN(Cc1ccc(Br)c(Cl)c1)c1ccccc1. The normalized spacial score (nSPS) is 10.3. The molecule has 0 heterocycles. The van der Waals surface area contributed by atoms with Gasteiger partial charge in [-0.1, -0.05) is 35.9 Å². The summed E-state index contributed by atoms with van der Waals surface area (Å²) in [6.45, 7) is 0.432. The Balaban J connectivity index is 2.23. The molecule has 3 nitrogen and oxygen atoms in total. The summed E-state index contributed by atoms with van der Waals surface area (Å²) in [5.41, 5.74) is 1.83. The van der Waals surface area contributed by atoms with E-state index in [2.05, 4.69) is 15.9 Å². The number of anilines is 1. The molecular weight excluding hydrogens is 342 g/mol. The molecule has 5 heteroatoms. The van der Waals surface area contributed by atoms with E-state index in [1.807, 2.05) is 48.5 Å². The molecule has 20 heavy (non-hydrogen) atoms. The summed E-state index contributed by atoms with van der Waals surface area (Å²) < 4.78 is 0.826. The summed E-state index contributed by atoms with van der Waals surface area (Å²) in [7, 11) is 0. The largest absolute Gasteiger partial charge is 0.480 e. The number of hydrogen-bond donors (Lipinski definition) is 1. The van der Waals surface area contributed by atoms with Gasteiger partial charge in [-0.15, -0.1) is 0 Å². The number of nitrogens with zero attached hydrogens (tertiary/aromatic N) is 1. The topological polar surface area (TPSA) is 40.5 Å². The van der Waals surface area contributed by atoms with E-state index in [9.17, 15) is 4.79 Å². The Morgan fingerprint density at radius 2 is 1.90 bits per heavy atom. The first kappa shape index (κ1) is 14.9. The monoisotopic (exact) mass is 353 g/mol. The zero-order chi connectivity index (χ0) is 14.5. The molecule has 0 amide bonds. The zero-order valence-corrected chi connectivity index (χ0v) is 12.9. The standard InChI is InChI=1S/C15H13BrClNO2/c16-13-7-6-11(8-14(13)17)9-18(10-15(19)20)12-4-2-1-3-5-12/h1-8H,9-10H2,(H,19,20). The summed E-state index contributed by atoms with van der Waals surface area (Å²) in [4.78, 5) is 12.8. The summed E-state index contributed by atoms with van der Waals surface area (Å²) in [6, 6.07) is 15.1. The lowest BCUT2D eigenvalue weighted by Gasteiger charge is -2.23. The third-order valence-corrected chi connectivity index (χ3v) is 4.04. The van der Waals surface area contributed by atoms with Crippen LogP contribution < -0.4 is 4.90 Å². The van der Waals surface area contributed by atoms with E-state index in [1.54, 1.807) is 4.90 Å². The van der Waals surface area contributed by atoms with Crippen LogP contribution in [0, 0.1) is 0 Å². The van der Waals surface area contributed by atoms with Gasteiger partial charge >= 0.3 is 5.97 Å². The second-order valence-electron chi connectivity index (χ2n) is 4.33. The molecule has 2 aromatic carbocycles. The molecule has 0 bridgehead atoms. The number of para-hydroxylation sites is 1. The van der Waals surface area contributed by atoms with Crippen molar-refractivity contribution in [3.05, 3.63) is 63.6 Å². The van der Waals surface area contributed by atoms with E-state index < -0.39 is 5.97 Å². The van der Waals surface area contributed by atoms with Crippen LogP contribution >= 0.6 is 27.5 Å². The predicted octanol–water partition coefficient (Wildman–Crippen LogP) is 4.19. The number of halogens is 2. The molecule has 0 aromatic heterocycles. The molecule has 0 saturated heterocycles. The quantitative estimate of drug-likeness (QED) is 0.875. The molecular formula is C15H13BrClNO2. The van der Waals surface area contributed by atoms with E-state index in [0.717, 1.165) is 15.7 Å². The summed E-state index contributed by atoms with van der Waals surface area (Å²) in [6.07, 6.45) is 0. The minimum absolute atomic E-state index is 0.0578. The first-order chi connectivity index (χ1) is 9.56. The predicted molar refractivity (Wildman–Crippen MR) is 84.3 cm³/mol. The van der Waals surface area contributed by atoms with Gasteiger partial charge in [0.1, 0.15) is 6.54 Å². The summed E-state index contributed by atoms with van der Waals surface area (Å²) in [5, 5.41) is 9.66. The average Bonchev–Trinajstić information content (AvgIpc) is 2.43. The number of carboxylic acid groups (broad SMARTS) is 1. The molecule has 0 atom stereocenters. The Hall–Kier alpha value is -1.52. The lowest BCUT2D eigenvalue weighted by atomic mass is 10.2. The molecule has 0 aliphatic rings. The van der Waals surface area contributed by atoms with E-state index in [-0.39, 0.29) is 6.54 Å². The Labute approximate surface area is 130 Å². The van der Waals surface area contributed by atoms with Crippen molar-refractivity contribution in [3.8, 4) is 0 Å². The second kappa shape index (κ2) is 6.77. The number of benzene rings is 2. The van der Waals surface area contributed by atoms with Gasteiger partial charge in [-0.05, 0) is 45.8 Å². The average molecular weight is 355 g/mol. The van der Waals surface area contributed by atoms with Crippen LogP contribution in [0.5, 0.6) is 0 Å². The highest BCUT2D eigenvalue weighted by Crippen LogP contribution is 2.25. The van der Waals surface area contributed by atoms with E-state index in [0.29, 0.717) is 11.6 Å². The van der Waals surface area contributed by atoms with Crippen molar-refractivity contribution in [3.63, 3.8) is 0 Å². The van der Waals surface area contributed by atoms with Crippen molar-refractivity contribution < 1.29 is 9.90 Å². The Kier molecular flexibility index (Phi) is 5.04. The van der Waals surface area contributed by atoms with Gasteiger partial charge in [-0.25, -0.2) is 0 Å². The van der Waals surface area contributed by atoms with Crippen molar-refractivity contribution >= 4 is 39.2 Å². The number of carboxylic acids is 1. The minimum atomic E-state index is -0.864. The van der Waals surface area contributed by atoms with Crippen molar-refractivity contribution in [2.75, 3.05) is 11.4 Å². The summed E-state index contributed by atoms with van der Waals surface area (Å²) >= 11 is 9.41. The number of carbonyl (C=O) groups is 1. The highest BCUT2D eigenvalue weighted by Gasteiger charge is 2.11. The van der Waals surface area contributed by atoms with Gasteiger partial charge in [0, 0.05) is 16.7 Å². The van der Waals surface area contributed by atoms with E-state index >= 15 is 0 Å². The minimum Gasteiger partial charge on any atom is -0.480 e. The Morgan fingerprint density at radius 3 is 2.50 bits per heavy atom. The van der Waals surface area contributed by atoms with Gasteiger partial charge in [0.25, 0.3) is 0 Å². The molecule has 1 N–H and O–H groups in total. The van der Waals surface area contributed by atoms with Crippen molar-refractivity contribution in [2.24, 2.45) is 0 Å². The molecule has 0 aliphatic heterocycles. The maximum atomic E-state index is 11.0. The molecule has 0 saturated carbocycles. The van der Waals surface area contributed by atoms with Crippen LogP contribution in [-0.4, -0.2) is 17.6 Å². The van der Waals surface area contributed by atoms with Gasteiger partial charge in [0.2, 0.25) is 0 Å². The lowest BCUT2D eigenvalue weighted by Crippen LogP contribution is -2.29. The van der Waals surface area contributed by atoms with E-state index in [4.69, 9.17) is 16.7 Å². The van der Waals surface area contributed by atoms with Crippen molar-refractivity contribution in [2.45, 2.75) is 6.54 Å². The molecule has 0 radical (unpaired) electrons. The number of hydrogen-bond acceptors (Lipinski definition) is 2. The van der Waals surface area contributed by atoms with Gasteiger partial charge in [0.15, 0.2) is 0 Å². The molecule has 104 valence electrons. The van der Waals surface area contributed by atoms with Gasteiger partial charge in [-0.3, -0.25) is 4.79 Å². The number of aliphatic carboxylic acids is 1. The molecule has 0 unspecified atom stereocenters. The maximum absolute atomic E-state index is 11.0. The third-order valence-electron chi connectivity index (χ3n) is 2.80. The van der Waals surface area contributed by atoms with Crippen LogP contribution in [-0.2, 0) is 11.3 Å². The van der Waals surface area contributed by atoms with Crippen LogP contribution in [0.4, 0.5) is 5.69 Å². The van der Waals surface area contributed by atoms with Crippen LogP contribution in [0.25, 0.3) is 0 Å². The summed E-state index contributed by atoms with van der Waals surface area (Å²) in [5.74, 6) is -0.864. The second-order valence-corrected chi connectivity index (χ2v) is 5.60. The highest BCUT2D eigenvalue weighted by molar-refractivity contribution is 9.10. The molecule has 2 aromatic rings. The zero-order valence-electron chi connectivity index (χ0n) is 10.6. The first-order valence-corrected chi connectivity index (χ1v) is 7.19. The van der Waals surface area contributed by atoms with Gasteiger partial charge < -0.3 is 10.0 Å².